The van der Waals surface area contributed by atoms with Gasteiger partial charge in [-0.05, 0) is 17.7 Å². The minimum atomic E-state index is -0.465. The molecule has 1 saturated heterocycles. The fourth-order valence-corrected chi connectivity index (χ4v) is 3.44. The maximum absolute atomic E-state index is 12.5. The summed E-state index contributed by atoms with van der Waals surface area (Å²) in [6.45, 7) is 3.24. The summed E-state index contributed by atoms with van der Waals surface area (Å²) in [7, 11) is 0. The molecular formula is C20H22ClN3O4. The molecule has 7 nitrogen and oxygen atoms in total. The predicted molar refractivity (Wildman–Crippen MR) is 106 cm³/mol. The molecule has 0 aliphatic carbocycles. The second-order valence-corrected chi connectivity index (χ2v) is 7.02. The molecule has 1 aliphatic heterocycles. The molecule has 1 atom stereocenters. The summed E-state index contributed by atoms with van der Waals surface area (Å²) in [4.78, 5) is 25.4. The van der Waals surface area contributed by atoms with Crippen LogP contribution in [0.25, 0.3) is 0 Å². The van der Waals surface area contributed by atoms with Crippen LogP contribution >= 0.6 is 11.6 Å². The van der Waals surface area contributed by atoms with Crippen LogP contribution in [0.4, 0.5) is 5.69 Å². The van der Waals surface area contributed by atoms with Gasteiger partial charge in [0.25, 0.3) is 5.69 Å². The number of nitrogens with one attached hydrogen (secondary N) is 1. The number of ether oxygens (including phenoxy) is 1. The van der Waals surface area contributed by atoms with Crippen molar-refractivity contribution in [3.8, 4) is 0 Å². The van der Waals surface area contributed by atoms with Crippen LogP contribution in [0.5, 0.6) is 0 Å². The van der Waals surface area contributed by atoms with E-state index in [1.54, 1.807) is 18.2 Å². The second kappa shape index (κ2) is 9.64. The lowest BCUT2D eigenvalue weighted by Crippen LogP contribution is -2.44. The van der Waals surface area contributed by atoms with Crippen molar-refractivity contribution < 1.29 is 14.5 Å². The van der Waals surface area contributed by atoms with E-state index in [4.69, 9.17) is 16.3 Å². The molecule has 148 valence electrons. The molecule has 0 aromatic heterocycles. The molecule has 3 rings (SSSR count). The van der Waals surface area contributed by atoms with Crippen LogP contribution in [0.1, 0.15) is 17.2 Å². The van der Waals surface area contributed by atoms with Crippen molar-refractivity contribution in [3.63, 3.8) is 0 Å². The van der Waals surface area contributed by atoms with E-state index in [0.29, 0.717) is 30.3 Å². The van der Waals surface area contributed by atoms with Gasteiger partial charge in [-0.2, -0.15) is 0 Å². The van der Waals surface area contributed by atoms with Crippen LogP contribution in [0.2, 0.25) is 5.02 Å². The number of carbonyl (C=O) groups excluding carboxylic acids is 1. The second-order valence-electron chi connectivity index (χ2n) is 6.58. The zero-order valence-electron chi connectivity index (χ0n) is 15.3. The minimum Gasteiger partial charge on any atom is -0.379 e. The van der Waals surface area contributed by atoms with Gasteiger partial charge in [0.15, 0.2) is 0 Å². The van der Waals surface area contributed by atoms with Gasteiger partial charge >= 0.3 is 0 Å². The summed E-state index contributed by atoms with van der Waals surface area (Å²) in [5, 5.41) is 14.7. The van der Waals surface area contributed by atoms with Crippen molar-refractivity contribution in [2.75, 3.05) is 32.8 Å². The molecule has 0 bridgehead atoms. The van der Waals surface area contributed by atoms with Gasteiger partial charge in [0.2, 0.25) is 5.91 Å². The van der Waals surface area contributed by atoms with Crippen LogP contribution < -0.4 is 5.32 Å². The Morgan fingerprint density at radius 3 is 2.54 bits per heavy atom. The molecule has 2 aromatic rings. The van der Waals surface area contributed by atoms with Crippen molar-refractivity contribution in [1.29, 1.82) is 0 Å². The van der Waals surface area contributed by atoms with Crippen LogP contribution in [-0.4, -0.2) is 48.6 Å². The lowest BCUT2D eigenvalue weighted by Gasteiger charge is -2.35. The Morgan fingerprint density at radius 1 is 1.18 bits per heavy atom. The van der Waals surface area contributed by atoms with Crippen molar-refractivity contribution in [2.24, 2.45) is 0 Å². The maximum atomic E-state index is 12.5. The Kier molecular flexibility index (Phi) is 6.97. The van der Waals surface area contributed by atoms with Crippen molar-refractivity contribution in [3.05, 3.63) is 74.8 Å². The van der Waals surface area contributed by atoms with Gasteiger partial charge in [0.05, 0.1) is 30.6 Å². The van der Waals surface area contributed by atoms with E-state index in [1.807, 2.05) is 24.3 Å². The number of para-hydroxylation sites is 1. The van der Waals surface area contributed by atoms with Gasteiger partial charge < -0.3 is 10.1 Å². The summed E-state index contributed by atoms with van der Waals surface area (Å²) in [6.07, 6.45) is -0.0341. The first-order valence-electron chi connectivity index (χ1n) is 9.11. The summed E-state index contributed by atoms with van der Waals surface area (Å²) < 4.78 is 5.43. The molecule has 1 fully saturated rings. The molecule has 0 saturated carbocycles. The topological polar surface area (TPSA) is 84.7 Å². The SMILES string of the molecule is O=C(Cc1ccccc1[N+](=O)[O-])NCC(c1ccc(Cl)cc1)N1CCOCC1. The average molecular weight is 404 g/mol. The smallest absolute Gasteiger partial charge is 0.273 e. The van der Waals surface area contributed by atoms with E-state index in [0.717, 1.165) is 18.7 Å². The molecule has 1 aliphatic rings. The van der Waals surface area contributed by atoms with Crippen molar-refractivity contribution in [2.45, 2.75) is 12.5 Å². The van der Waals surface area contributed by atoms with E-state index in [2.05, 4.69) is 10.2 Å². The van der Waals surface area contributed by atoms with Gasteiger partial charge in [-0.3, -0.25) is 19.8 Å². The number of nitrogens with zero attached hydrogens (tertiary/aromatic N) is 2. The van der Waals surface area contributed by atoms with Gasteiger partial charge in [-0.25, -0.2) is 0 Å². The lowest BCUT2D eigenvalue weighted by molar-refractivity contribution is -0.385. The summed E-state index contributed by atoms with van der Waals surface area (Å²) in [6, 6.07) is 13.9. The van der Waals surface area contributed by atoms with E-state index < -0.39 is 4.92 Å². The molecule has 8 heteroatoms. The third kappa shape index (κ3) is 5.28. The number of halogens is 1. The first-order valence-corrected chi connectivity index (χ1v) is 9.48. The third-order valence-electron chi connectivity index (χ3n) is 4.77. The maximum Gasteiger partial charge on any atom is 0.273 e. The predicted octanol–water partition coefficient (Wildman–Crippen LogP) is 2.98. The molecule has 2 aromatic carbocycles. The zero-order chi connectivity index (χ0) is 19.9. The van der Waals surface area contributed by atoms with E-state index in [9.17, 15) is 14.9 Å². The normalized spacial score (nSPS) is 15.8. The van der Waals surface area contributed by atoms with Gasteiger partial charge in [-0.15, -0.1) is 0 Å². The fourth-order valence-electron chi connectivity index (χ4n) is 3.32. The standard InChI is InChI=1S/C20H22ClN3O4/c21-17-7-5-15(6-8-17)19(23-9-11-28-12-10-23)14-22-20(25)13-16-3-1-2-4-18(16)24(26)27/h1-8,19H,9-14H2,(H,22,25). The lowest BCUT2D eigenvalue weighted by atomic mass is 10.0. The number of carbonyl (C=O) groups is 1. The molecule has 0 spiro atoms. The number of amides is 1. The number of hydrogen-bond acceptors (Lipinski definition) is 5. The van der Waals surface area contributed by atoms with E-state index in [-0.39, 0.29) is 24.1 Å². The van der Waals surface area contributed by atoms with E-state index in [1.165, 1.54) is 6.07 Å². The van der Waals surface area contributed by atoms with Crippen molar-refractivity contribution >= 4 is 23.2 Å². The summed E-state index contributed by atoms with van der Waals surface area (Å²) in [5.41, 5.74) is 1.41. The first kappa shape index (κ1) is 20.3. The highest BCUT2D eigenvalue weighted by Gasteiger charge is 2.24. The Hall–Kier alpha value is -2.48. The highest BCUT2D eigenvalue weighted by atomic mass is 35.5. The average Bonchev–Trinajstić information content (AvgIpc) is 2.70. The van der Waals surface area contributed by atoms with Crippen LogP contribution in [0.15, 0.2) is 48.5 Å². The quantitative estimate of drug-likeness (QED) is 0.567. The highest BCUT2D eigenvalue weighted by Crippen LogP contribution is 2.23. The minimum absolute atomic E-state index is 0.0177. The van der Waals surface area contributed by atoms with Gasteiger partial charge in [0, 0.05) is 36.3 Å². The Labute approximate surface area is 168 Å². The number of morpholine rings is 1. The third-order valence-corrected chi connectivity index (χ3v) is 5.03. The van der Waals surface area contributed by atoms with Crippen LogP contribution in [-0.2, 0) is 16.0 Å². The molecule has 1 unspecified atom stereocenters. The van der Waals surface area contributed by atoms with Crippen molar-refractivity contribution in [1.82, 2.24) is 10.2 Å². The number of benzene rings is 2. The van der Waals surface area contributed by atoms with Gasteiger partial charge in [0.1, 0.15) is 0 Å². The number of nitro groups is 1. The van der Waals surface area contributed by atoms with Crippen LogP contribution in [0.3, 0.4) is 0 Å². The number of rotatable bonds is 7. The monoisotopic (exact) mass is 403 g/mol. The van der Waals surface area contributed by atoms with Crippen LogP contribution in [0, 0.1) is 10.1 Å². The molecule has 28 heavy (non-hydrogen) atoms. The molecular weight excluding hydrogens is 382 g/mol. The number of nitro benzene ring substituents is 1. The number of hydrogen-bond donors (Lipinski definition) is 1. The molecule has 1 N–H and O–H groups in total. The Bertz CT molecular complexity index is 822. The largest absolute Gasteiger partial charge is 0.379 e. The zero-order valence-corrected chi connectivity index (χ0v) is 16.1. The van der Waals surface area contributed by atoms with E-state index >= 15 is 0 Å². The molecule has 0 radical (unpaired) electrons. The first-order chi connectivity index (χ1) is 13.5. The highest BCUT2D eigenvalue weighted by molar-refractivity contribution is 6.30. The Morgan fingerprint density at radius 2 is 1.86 bits per heavy atom. The molecule has 1 heterocycles. The summed E-state index contributed by atoms with van der Waals surface area (Å²) in [5.74, 6) is -0.249. The molecule has 1 amide bonds. The fraction of sp³-hybridized carbons (Fsp3) is 0.350. The van der Waals surface area contributed by atoms with Gasteiger partial charge in [-0.1, -0.05) is 41.9 Å². The summed E-state index contributed by atoms with van der Waals surface area (Å²) >= 11 is 6.00. The Balaban J connectivity index is 1.68.